The highest BCUT2D eigenvalue weighted by molar-refractivity contribution is 6.37. The molecule has 2 aromatic heterocycles. The zero-order chi connectivity index (χ0) is 19.0. The predicted molar refractivity (Wildman–Crippen MR) is 106 cm³/mol. The number of ether oxygens (including phenoxy) is 1. The van der Waals surface area contributed by atoms with E-state index in [4.69, 9.17) is 33.0 Å². The van der Waals surface area contributed by atoms with Gasteiger partial charge in [0, 0.05) is 17.8 Å². The molecule has 0 bridgehead atoms. The number of aromatic nitrogens is 1. The van der Waals surface area contributed by atoms with Gasteiger partial charge in [0.05, 0.1) is 21.1 Å². The maximum atomic E-state index is 11.1. The van der Waals surface area contributed by atoms with E-state index >= 15 is 0 Å². The molecule has 0 atom stereocenters. The summed E-state index contributed by atoms with van der Waals surface area (Å²) in [4.78, 5) is 11.1. The van der Waals surface area contributed by atoms with Crippen LogP contribution in [0.3, 0.4) is 0 Å². The summed E-state index contributed by atoms with van der Waals surface area (Å²) in [5, 5.41) is 9.92. The van der Waals surface area contributed by atoms with Gasteiger partial charge < -0.3 is 9.84 Å². The van der Waals surface area contributed by atoms with Crippen molar-refractivity contribution in [2.24, 2.45) is 0 Å². The molecule has 0 fully saturated rings. The topological polar surface area (TPSA) is 50.9 Å². The summed E-state index contributed by atoms with van der Waals surface area (Å²) >= 11 is 12.5. The molecule has 2 heterocycles. The lowest BCUT2D eigenvalue weighted by Crippen LogP contribution is -1.94. The molecule has 0 spiro atoms. The van der Waals surface area contributed by atoms with Crippen LogP contribution >= 0.6 is 23.2 Å². The van der Waals surface area contributed by atoms with E-state index < -0.39 is 5.97 Å². The minimum Gasteiger partial charge on any atom is -0.478 e. The number of pyridine rings is 1. The molecule has 1 N–H and O–H groups in total. The molecular weight excluding hydrogens is 385 g/mol. The second-order valence-corrected chi connectivity index (χ2v) is 6.70. The van der Waals surface area contributed by atoms with Gasteiger partial charge in [-0.25, -0.2) is 4.79 Å². The number of fused-ring (bicyclic) bond motifs is 1. The quantitative estimate of drug-likeness (QED) is 0.433. The van der Waals surface area contributed by atoms with Crippen molar-refractivity contribution in [3.8, 4) is 22.8 Å². The van der Waals surface area contributed by atoms with Crippen molar-refractivity contribution < 1.29 is 14.6 Å². The normalized spacial score (nSPS) is 10.9. The first kappa shape index (κ1) is 17.5. The van der Waals surface area contributed by atoms with Crippen molar-refractivity contribution in [1.82, 2.24) is 4.40 Å². The third kappa shape index (κ3) is 3.25. The SMILES string of the molecule is O=C(O)c1ccc(-c2cc(Oc3c(Cl)cccc3Cl)n3ccccc23)cc1. The van der Waals surface area contributed by atoms with E-state index in [2.05, 4.69) is 0 Å². The summed E-state index contributed by atoms with van der Waals surface area (Å²) < 4.78 is 7.91. The molecule has 134 valence electrons. The van der Waals surface area contributed by atoms with Gasteiger partial charge >= 0.3 is 5.97 Å². The number of carboxylic acid groups (broad SMARTS) is 1. The smallest absolute Gasteiger partial charge is 0.335 e. The number of carbonyl (C=O) groups is 1. The number of carboxylic acids is 1. The molecule has 0 saturated carbocycles. The summed E-state index contributed by atoms with van der Waals surface area (Å²) in [7, 11) is 0. The number of nitrogens with zero attached hydrogens (tertiary/aromatic N) is 1. The minimum atomic E-state index is -0.958. The monoisotopic (exact) mass is 397 g/mol. The Morgan fingerprint density at radius 2 is 1.63 bits per heavy atom. The Hall–Kier alpha value is -2.95. The first-order valence-electron chi connectivity index (χ1n) is 8.10. The lowest BCUT2D eigenvalue weighted by molar-refractivity contribution is 0.0697. The van der Waals surface area contributed by atoms with Gasteiger partial charge in [-0.2, -0.15) is 0 Å². The Labute approximate surface area is 165 Å². The van der Waals surface area contributed by atoms with Crippen LogP contribution in [0.25, 0.3) is 16.6 Å². The Morgan fingerprint density at radius 1 is 0.926 bits per heavy atom. The molecule has 0 unspecified atom stereocenters. The van der Waals surface area contributed by atoms with Crippen LogP contribution in [-0.4, -0.2) is 15.5 Å². The highest BCUT2D eigenvalue weighted by Gasteiger charge is 2.15. The number of hydrogen-bond acceptors (Lipinski definition) is 2. The van der Waals surface area contributed by atoms with E-state index in [1.54, 1.807) is 42.5 Å². The van der Waals surface area contributed by atoms with Crippen molar-refractivity contribution in [3.05, 3.63) is 88.5 Å². The molecule has 2 aromatic carbocycles. The summed E-state index contributed by atoms with van der Waals surface area (Å²) in [5.74, 6) is -0.0181. The average molecular weight is 398 g/mol. The van der Waals surface area contributed by atoms with Gasteiger partial charge in [-0.05, 0) is 42.0 Å². The summed E-state index contributed by atoms with van der Waals surface area (Å²) in [5.41, 5.74) is 2.94. The standard InChI is InChI=1S/C21H13Cl2NO3/c22-16-4-3-5-17(23)20(16)27-19-12-15(18-6-1-2-11-24(18)19)13-7-9-14(10-8-13)21(25)26/h1-12H,(H,25,26). The number of halogens is 2. The first-order valence-corrected chi connectivity index (χ1v) is 8.86. The molecule has 0 saturated heterocycles. The van der Waals surface area contributed by atoms with Crippen molar-refractivity contribution in [2.75, 3.05) is 0 Å². The number of benzene rings is 2. The van der Waals surface area contributed by atoms with Crippen LogP contribution in [0, 0.1) is 0 Å². The highest BCUT2D eigenvalue weighted by Crippen LogP contribution is 2.39. The van der Waals surface area contributed by atoms with Gasteiger partial charge in [-0.1, -0.05) is 47.5 Å². The predicted octanol–water partition coefficient (Wildman–Crippen LogP) is 6.40. The van der Waals surface area contributed by atoms with Crippen LogP contribution in [0.15, 0.2) is 72.9 Å². The van der Waals surface area contributed by atoms with Crippen LogP contribution in [0.4, 0.5) is 0 Å². The summed E-state index contributed by atoms with van der Waals surface area (Å²) in [6.45, 7) is 0. The van der Waals surface area contributed by atoms with Gasteiger partial charge in [0.15, 0.2) is 5.75 Å². The molecule has 0 radical (unpaired) electrons. The largest absolute Gasteiger partial charge is 0.478 e. The van der Waals surface area contributed by atoms with E-state index in [-0.39, 0.29) is 5.56 Å². The molecule has 4 aromatic rings. The lowest BCUT2D eigenvalue weighted by atomic mass is 10.1. The van der Waals surface area contributed by atoms with Crippen LogP contribution in [0.1, 0.15) is 10.4 Å². The Bertz CT molecular complexity index is 1130. The summed E-state index contributed by atoms with van der Waals surface area (Å²) in [6.07, 6.45) is 1.88. The summed E-state index contributed by atoms with van der Waals surface area (Å²) in [6, 6.07) is 19.5. The zero-order valence-electron chi connectivity index (χ0n) is 13.9. The maximum absolute atomic E-state index is 11.1. The van der Waals surface area contributed by atoms with E-state index in [1.807, 2.05) is 34.9 Å². The highest BCUT2D eigenvalue weighted by atomic mass is 35.5. The van der Waals surface area contributed by atoms with E-state index in [9.17, 15) is 4.79 Å². The zero-order valence-corrected chi connectivity index (χ0v) is 15.4. The van der Waals surface area contributed by atoms with Gasteiger partial charge in [-0.3, -0.25) is 4.40 Å². The first-order chi connectivity index (χ1) is 13.0. The van der Waals surface area contributed by atoms with E-state index in [1.165, 1.54) is 0 Å². The van der Waals surface area contributed by atoms with Gasteiger partial charge in [0.2, 0.25) is 5.88 Å². The molecule has 6 heteroatoms. The third-order valence-corrected chi connectivity index (χ3v) is 4.80. The Kier molecular flexibility index (Phi) is 4.52. The molecule has 27 heavy (non-hydrogen) atoms. The van der Waals surface area contributed by atoms with E-state index in [0.29, 0.717) is 21.7 Å². The number of hydrogen-bond donors (Lipinski definition) is 1. The number of aromatic carboxylic acids is 1. The van der Waals surface area contributed by atoms with E-state index in [0.717, 1.165) is 16.6 Å². The molecule has 0 aliphatic carbocycles. The average Bonchev–Trinajstić information content (AvgIpc) is 3.04. The molecule has 4 nitrogen and oxygen atoms in total. The molecular formula is C21H13Cl2NO3. The second-order valence-electron chi connectivity index (χ2n) is 5.89. The number of rotatable bonds is 4. The Balaban J connectivity index is 1.83. The van der Waals surface area contributed by atoms with Crippen molar-refractivity contribution in [1.29, 1.82) is 0 Å². The fourth-order valence-corrected chi connectivity index (χ4v) is 3.38. The molecule has 0 aliphatic rings. The molecule has 0 aliphatic heterocycles. The van der Waals surface area contributed by atoms with Gasteiger partial charge in [-0.15, -0.1) is 0 Å². The van der Waals surface area contributed by atoms with Crippen molar-refractivity contribution >= 4 is 34.7 Å². The van der Waals surface area contributed by atoms with Gasteiger partial charge in [0.1, 0.15) is 0 Å². The Morgan fingerprint density at radius 3 is 2.30 bits per heavy atom. The molecule has 4 rings (SSSR count). The molecule has 0 amide bonds. The van der Waals surface area contributed by atoms with Crippen LogP contribution in [-0.2, 0) is 0 Å². The second kappa shape index (κ2) is 6.99. The number of para-hydroxylation sites is 1. The van der Waals surface area contributed by atoms with Crippen LogP contribution in [0.5, 0.6) is 11.6 Å². The lowest BCUT2D eigenvalue weighted by Gasteiger charge is -2.09. The van der Waals surface area contributed by atoms with Crippen molar-refractivity contribution in [2.45, 2.75) is 0 Å². The fraction of sp³-hybridized carbons (Fsp3) is 0. The van der Waals surface area contributed by atoms with Crippen LogP contribution in [0.2, 0.25) is 10.0 Å². The fourth-order valence-electron chi connectivity index (χ4n) is 2.91. The van der Waals surface area contributed by atoms with Gasteiger partial charge in [0.25, 0.3) is 0 Å². The minimum absolute atomic E-state index is 0.238. The maximum Gasteiger partial charge on any atom is 0.335 e. The third-order valence-electron chi connectivity index (χ3n) is 4.21. The van der Waals surface area contributed by atoms with Crippen LogP contribution < -0.4 is 4.74 Å². The van der Waals surface area contributed by atoms with Crippen molar-refractivity contribution in [3.63, 3.8) is 0 Å².